The third kappa shape index (κ3) is 6.13. The highest BCUT2D eigenvalue weighted by molar-refractivity contribution is 7.92. The molecule has 2 aromatic rings. The van der Waals surface area contributed by atoms with E-state index in [1.807, 2.05) is 32.0 Å². The van der Waals surface area contributed by atoms with Gasteiger partial charge in [0.15, 0.2) is 17.3 Å². The minimum absolute atomic E-state index is 0.0117. The zero-order valence-electron chi connectivity index (χ0n) is 16.3. The lowest BCUT2D eigenvalue weighted by atomic mass is 10.1. The second-order valence-corrected chi connectivity index (χ2v) is 7.86. The van der Waals surface area contributed by atoms with Gasteiger partial charge >= 0.3 is 0 Å². The van der Waals surface area contributed by atoms with Crippen LogP contribution in [0, 0.1) is 0 Å². The number of anilines is 1. The Bertz CT molecular complexity index is 934. The van der Waals surface area contributed by atoms with Gasteiger partial charge in [-0.15, -0.1) is 0 Å². The van der Waals surface area contributed by atoms with Gasteiger partial charge in [0.1, 0.15) is 0 Å². The topological polar surface area (TPSA) is 81.7 Å². The van der Waals surface area contributed by atoms with E-state index < -0.39 is 10.0 Å². The van der Waals surface area contributed by atoms with Crippen molar-refractivity contribution in [3.8, 4) is 11.5 Å². The summed E-state index contributed by atoms with van der Waals surface area (Å²) in [4.78, 5) is 12.4. The van der Waals surface area contributed by atoms with Crippen LogP contribution in [0.2, 0.25) is 0 Å². The van der Waals surface area contributed by atoms with Crippen molar-refractivity contribution in [1.82, 2.24) is 0 Å². The summed E-state index contributed by atoms with van der Waals surface area (Å²) in [6.45, 7) is 6.41. The number of hydrogen-bond donors (Lipinski definition) is 1. The lowest BCUT2D eigenvalue weighted by Crippen LogP contribution is -2.14. The van der Waals surface area contributed by atoms with Crippen molar-refractivity contribution < 1.29 is 22.7 Å². The Balaban J connectivity index is 2.11. The Hall–Kier alpha value is -2.80. The van der Waals surface area contributed by atoms with E-state index in [0.29, 0.717) is 36.0 Å². The molecule has 0 saturated carbocycles. The molecule has 0 aliphatic heterocycles. The van der Waals surface area contributed by atoms with Crippen molar-refractivity contribution in [2.45, 2.75) is 20.8 Å². The highest BCUT2D eigenvalue weighted by Crippen LogP contribution is 2.29. The maximum atomic E-state index is 12.4. The molecule has 0 saturated heterocycles. The van der Waals surface area contributed by atoms with Crippen molar-refractivity contribution in [3.05, 3.63) is 59.7 Å². The van der Waals surface area contributed by atoms with E-state index in [2.05, 4.69) is 4.72 Å². The third-order valence-electron chi connectivity index (χ3n) is 3.82. The van der Waals surface area contributed by atoms with E-state index in [-0.39, 0.29) is 11.5 Å². The molecule has 0 heterocycles. The fraction of sp³-hybridized carbons (Fsp3) is 0.286. The van der Waals surface area contributed by atoms with E-state index in [1.54, 1.807) is 37.3 Å². The molecule has 0 radical (unpaired) electrons. The molecule has 1 N–H and O–H groups in total. The van der Waals surface area contributed by atoms with Gasteiger partial charge in [-0.25, -0.2) is 8.42 Å². The zero-order valence-corrected chi connectivity index (χ0v) is 17.1. The Morgan fingerprint density at radius 1 is 0.964 bits per heavy atom. The summed E-state index contributed by atoms with van der Waals surface area (Å²) >= 11 is 0. The summed E-state index contributed by atoms with van der Waals surface area (Å²) in [6, 6.07) is 11.8. The first kappa shape index (κ1) is 21.5. The van der Waals surface area contributed by atoms with E-state index in [0.717, 1.165) is 5.56 Å². The molecule has 0 aromatic heterocycles. The molecule has 0 bridgehead atoms. The molecule has 0 unspecified atom stereocenters. The van der Waals surface area contributed by atoms with Crippen LogP contribution in [0.15, 0.2) is 48.5 Å². The van der Waals surface area contributed by atoms with Crippen LogP contribution < -0.4 is 14.2 Å². The maximum absolute atomic E-state index is 12.4. The molecular formula is C21H25NO5S. The predicted molar refractivity (Wildman–Crippen MR) is 112 cm³/mol. The number of sulfonamides is 1. The molecule has 2 aromatic carbocycles. The lowest BCUT2D eigenvalue weighted by Gasteiger charge is -2.11. The number of hydrogen-bond acceptors (Lipinski definition) is 5. The van der Waals surface area contributed by atoms with Crippen LogP contribution in [0.1, 0.15) is 36.7 Å². The lowest BCUT2D eigenvalue weighted by molar-refractivity contribution is 0.104. The highest BCUT2D eigenvalue weighted by Gasteiger charge is 2.08. The van der Waals surface area contributed by atoms with Crippen LogP contribution in [-0.2, 0) is 10.0 Å². The first-order valence-electron chi connectivity index (χ1n) is 9.11. The molecule has 0 aliphatic rings. The fourth-order valence-electron chi connectivity index (χ4n) is 2.39. The number of rotatable bonds is 10. The van der Waals surface area contributed by atoms with Crippen LogP contribution in [0.25, 0.3) is 6.08 Å². The van der Waals surface area contributed by atoms with Gasteiger partial charge < -0.3 is 9.47 Å². The summed E-state index contributed by atoms with van der Waals surface area (Å²) in [5.41, 5.74) is 1.70. The van der Waals surface area contributed by atoms with Gasteiger partial charge in [-0.1, -0.05) is 12.1 Å². The average Bonchev–Trinajstić information content (AvgIpc) is 2.68. The maximum Gasteiger partial charge on any atom is 0.232 e. The van der Waals surface area contributed by atoms with Crippen LogP contribution in [0.5, 0.6) is 11.5 Å². The Labute approximate surface area is 166 Å². The largest absolute Gasteiger partial charge is 0.490 e. The average molecular weight is 404 g/mol. The monoisotopic (exact) mass is 403 g/mol. The molecule has 150 valence electrons. The quantitative estimate of drug-likeness (QED) is 0.476. The van der Waals surface area contributed by atoms with E-state index in [1.165, 1.54) is 6.08 Å². The number of benzene rings is 2. The highest BCUT2D eigenvalue weighted by atomic mass is 32.2. The van der Waals surface area contributed by atoms with Crippen molar-refractivity contribution in [3.63, 3.8) is 0 Å². The smallest absolute Gasteiger partial charge is 0.232 e. The number of ketones is 1. The molecule has 2 rings (SSSR count). The molecule has 0 atom stereocenters. The van der Waals surface area contributed by atoms with Gasteiger partial charge in [-0.2, -0.15) is 0 Å². The summed E-state index contributed by atoms with van der Waals surface area (Å²) in [5.74, 6) is 1.10. The second-order valence-electron chi connectivity index (χ2n) is 5.85. The summed E-state index contributed by atoms with van der Waals surface area (Å²) in [7, 11) is -3.34. The van der Waals surface area contributed by atoms with Gasteiger partial charge in [0.2, 0.25) is 10.0 Å². The molecule has 0 amide bonds. The molecule has 0 aliphatic carbocycles. The normalized spacial score (nSPS) is 11.4. The summed E-state index contributed by atoms with van der Waals surface area (Å²) < 4.78 is 36.7. The van der Waals surface area contributed by atoms with Crippen molar-refractivity contribution in [1.29, 1.82) is 0 Å². The van der Waals surface area contributed by atoms with Gasteiger partial charge in [0.05, 0.1) is 19.0 Å². The fourth-order valence-corrected chi connectivity index (χ4v) is 3.03. The van der Waals surface area contributed by atoms with Gasteiger partial charge in [0, 0.05) is 11.3 Å². The minimum atomic E-state index is -3.34. The van der Waals surface area contributed by atoms with E-state index >= 15 is 0 Å². The predicted octanol–water partition coefficient (Wildman–Crippen LogP) is 4.14. The summed E-state index contributed by atoms with van der Waals surface area (Å²) in [5, 5.41) is 0. The minimum Gasteiger partial charge on any atom is -0.490 e. The Kier molecular flexibility index (Phi) is 7.63. The number of allylic oxidation sites excluding steroid dienone is 1. The van der Waals surface area contributed by atoms with Crippen LogP contribution >= 0.6 is 0 Å². The van der Waals surface area contributed by atoms with E-state index in [4.69, 9.17) is 9.47 Å². The van der Waals surface area contributed by atoms with Crippen molar-refractivity contribution in [2.75, 3.05) is 23.7 Å². The molecule has 0 spiro atoms. The standard InChI is InChI=1S/C21H25NO5S/c1-4-26-20-14-8-16(15-21(20)27-5-2)7-13-19(23)17-9-11-18(12-10-17)22-28(24,25)6-3/h7-15,22H,4-6H2,1-3H3/b13-7+. The molecule has 6 nitrogen and oxygen atoms in total. The van der Waals surface area contributed by atoms with Crippen LogP contribution in [0.4, 0.5) is 5.69 Å². The number of nitrogens with one attached hydrogen (secondary N) is 1. The van der Waals surface area contributed by atoms with Crippen LogP contribution in [0.3, 0.4) is 0 Å². The molecule has 28 heavy (non-hydrogen) atoms. The van der Waals surface area contributed by atoms with Gasteiger partial charge in [-0.05, 0) is 68.8 Å². The van der Waals surface area contributed by atoms with Gasteiger partial charge in [0.25, 0.3) is 0 Å². The van der Waals surface area contributed by atoms with Crippen molar-refractivity contribution >= 4 is 27.6 Å². The Morgan fingerprint density at radius 2 is 1.61 bits per heavy atom. The Morgan fingerprint density at radius 3 is 2.21 bits per heavy atom. The number of carbonyl (C=O) groups is 1. The SMILES string of the molecule is CCOc1ccc(/C=C/C(=O)c2ccc(NS(=O)(=O)CC)cc2)cc1OCC. The molecular weight excluding hydrogens is 378 g/mol. The summed E-state index contributed by atoms with van der Waals surface area (Å²) in [6.07, 6.45) is 3.17. The number of carbonyl (C=O) groups excluding carboxylic acids is 1. The van der Waals surface area contributed by atoms with Gasteiger partial charge in [-0.3, -0.25) is 9.52 Å². The third-order valence-corrected chi connectivity index (χ3v) is 5.12. The second kappa shape index (κ2) is 9.94. The molecule has 7 heteroatoms. The first-order chi connectivity index (χ1) is 13.4. The van der Waals surface area contributed by atoms with Crippen molar-refractivity contribution in [2.24, 2.45) is 0 Å². The molecule has 0 fully saturated rings. The number of ether oxygens (including phenoxy) is 2. The first-order valence-corrected chi connectivity index (χ1v) is 10.8. The zero-order chi connectivity index (χ0) is 20.6. The van der Waals surface area contributed by atoms with E-state index in [9.17, 15) is 13.2 Å². The van der Waals surface area contributed by atoms with Crippen LogP contribution in [-0.4, -0.2) is 33.2 Å².